The number of fused-ring (bicyclic) bond motifs is 4. The summed E-state index contributed by atoms with van der Waals surface area (Å²) in [6.45, 7) is 1.75. The van der Waals surface area contributed by atoms with E-state index in [0.29, 0.717) is 16.2 Å². The summed E-state index contributed by atoms with van der Waals surface area (Å²) in [5.74, 6) is 0.252. The number of amides is 1. The monoisotopic (exact) mass is 347 g/mol. The van der Waals surface area contributed by atoms with Crippen LogP contribution in [-0.4, -0.2) is 15.5 Å². The molecule has 2 aromatic carbocycles. The summed E-state index contributed by atoms with van der Waals surface area (Å²) < 4.78 is 3.13. The van der Waals surface area contributed by atoms with E-state index >= 15 is 0 Å². The van der Waals surface area contributed by atoms with Gasteiger partial charge in [0.05, 0.1) is 11.2 Å². The molecule has 0 saturated carbocycles. The Hall–Kier alpha value is -2.99. The standard InChI is InChI=1S/C19H13N3O2S/c1-11-17(23)22(12-7-3-2-4-8-12)19-20-15-13-9-5-6-10-14(13)25-16(15)18(24)21(11)19/h2-11H,1H3. The molecule has 1 unspecified atom stereocenters. The van der Waals surface area contributed by atoms with Crippen molar-refractivity contribution >= 4 is 49.2 Å². The highest BCUT2D eigenvalue weighted by Crippen LogP contribution is 2.37. The third-order valence-corrected chi connectivity index (χ3v) is 5.74. The first-order valence-electron chi connectivity index (χ1n) is 7.99. The predicted molar refractivity (Wildman–Crippen MR) is 99.7 cm³/mol. The fraction of sp³-hybridized carbons (Fsp3) is 0.105. The summed E-state index contributed by atoms with van der Waals surface area (Å²) in [5.41, 5.74) is 1.23. The van der Waals surface area contributed by atoms with Crippen molar-refractivity contribution in [1.29, 1.82) is 0 Å². The summed E-state index contributed by atoms with van der Waals surface area (Å²) >= 11 is 1.43. The topological polar surface area (TPSA) is 55.2 Å². The Labute approximate surface area is 146 Å². The number of carbonyl (C=O) groups is 1. The maximum Gasteiger partial charge on any atom is 0.273 e. The molecule has 0 N–H and O–H groups in total. The molecule has 0 spiro atoms. The fourth-order valence-corrected chi connectivity index (χ4v) is 4.44. The zero-order valence-corrected chi connectivity index (χ0v) is 14.2. The molecule has 0 aliphatic carbocycles. The van der Waals surface area contributed by atoms with Gasteiger partial charge in [-0.3, -0.25) is 14.2 Å². The number of para-hydroxylation sites is 1. The van der Waals surface area contributed by atoms with Crippen LogP contribution < -0.4 is 10.5 Å². The first-order chi connectivity index (χ1) is 12.2. The number of carbonyl (C=O) groups excluding carboxylic acids is 1. The molecule has 5 rings (SSSR count). The lowest BCUT2D eigenvalue weighted by Crippen LogP contribution is -2.24. The van der Waals surface area contributed by atoms with Crippen molar-refractivity contribution in [2.75, 3.05) is 4.90 Å². The van der Waals surface area contributed by atoms with Gasteiger partial charge in [0.25, 0.3) is 11.5 Å². The fourth-order valence-electron chi connectivity index (χ4n) is 3.36. The van der Waals surface area contributed by atoms with Crippen molar-refractivity contribution in [3.8, 4) is 0 Å². The van der Waals surface area contributed by atoms with Gasteiger partial charge in [-0.15, -0.1) is 11.3 Å². The lowest BCUT2D eigenvalue weighted by atomic mass is 10.2. The second-order valence-corrected chi connectivity index (χ2v) is 7.10. The summed E-state index contributed by atoms with van der Waals surface area (Å²) in [4.78, 5) is 32.2. The molecule has 6 heteroatoms. The molecule has 3 heterocycles. The third-order valence-electron chi connectivity index (χ3n) is 4.59. The summed E-state index contributed by atoms with van der Waals surface area (Å²) in [6.07, 6.45) is 0. The Morgan fingerprint density at radius 3 is 2.52 bits per heavy atom. The molecular formula is C19H13N3O2S. The lowest BCUT2D eigenvalue weighted by molar-refractivity contribution is -0.119. The molecular weight excluding hydrogens is 334 g/mol. The van der Waals surface area contributed by atoms with Crippen LogP contribution in [0.5, 0.6) is 0 Å². The van der Waals surface area contributed by atoms with Gasteiger partial charge < -0.3 is 0 Å². The van der Waals surface area contributed by atoms with Gasteiger partial charge in [0.15, 0.2) is 0 Å². The summed E-state index contributed by atoms with van der Waals surface area (Å²) in [7, 11) is 0. The van der Waals surface area contributed by atoms with Crippen LogP contribution in [0, 0.1) is 0 Å². The van der Waals surface area contributed by atoms with Crippen molar-refractivity contribution < 1.29 is 4.79 Å². The Morgan fingerprint density at radius 1 is 1.00 bits per heavy atom. The average Bonchev–Trinajstić information content (AvgIpc) is 3.13. The quantitative estimate of drug-likeness (QED) is 0.525. The van der Waals surface area contributed by atoms with Gasteiger partial charge in [-0.1, -0.05) is 36.4 Å². The maximum atomic E-state index is 13.1. The van der Waals surface area contributed by atoms with Crippen LogP contribution >= 0.6 is 11.3 Å². The van der Waals surface area contributed by atoms with Crippen LogP contribution in [0.15, 0.2) is 59.4 Å². The highest BCUT2D eigenvalue weighted by Gasteiger charge is 2.38. The van der Waals surface area contributed by atoms with Crippen LogP contribution in [0.3, 0.4) is 0 Å². The van der Waals surface area contributed by atoms with E-state index in [1.54, 1.807) is 6.92 Å². The van der Waals surface area contributed by atoms with E-state index in [1.807, 2.05) is 54.6 Å². The van der Waals surface area contributed by atoms with Crippen molar-refractivity contribution in [3.05, 3.63) is 65.0 Å². The van der Waals surface area contributed by atoms with Gasteiger partial charge >= 0.3 is 0 Å². The van der Waals surface area contributed by atoms with Gasteiger partial charge in [0.2, 0.25) is 5.95 Å². The number of anilines is 2. The normalized spacial score (nSPS) is 16.8. The molecule has 0 radical (unpaired) electrons. The van der Waals surface area contributed by atoms with Crippen molar-refractivity contribution in [2.45, 2.75) is 13.0 Å². The van der Waals surface area contributed by atoms with E-state index in [-0.39, 0.29) is 11.5 Å². The van der Waals surface area contributed by atoms with Gasteiger partial charge in [-0.05, 0) is 25.1 Å². The first-order valence-corrected chi connectivity index (χ1v) is 8.81. The first kappa shape index (κ1) is 14.4. The predicted octanol–water partition coefficient (Wildman–Crippen LogP) is 3.85. The molecule has 1 atom stereocenters. The van der Waals surface area contributed by atoms with Crippen LogP contribution in [0.4, 0.5) is 11.6 Å². The van der Waals surface area contributed by atoms with Crippen LogP contribution in [0.1, 0.15) is 13.0 Å². The molecule has 122 valence electrons. The lowest BCUT2D eigenvalue weighted by Gasteiger charge is -2.15. The number of thiophene rings is 1. The highest BCUT2D eigenvalue weighted by molar-refractivity contribution is 7.25. The smallest absolute Gasteiger partial charge is 0.272 e. The number of hydrogen-bond donors (Lipinski definition) is 0. The van der Waals surface area contributed by atoms with E-state index in [9.17, 15) is 9.59 Å². The Morgan fingerprint density at radius 2 is 1.72 bits per heavy atom. The molecule has 1 amide bonds. The van der Waals surface area contributed by atoms with E-state index in [0.717, 1.165) is 15.8 Å². The minimum atomic E-state index is -0.565. The number of rotatable bonds is 1. The molecule has 0 bridgehead atoms. The van der Waals surface area contributed by atoms with Gasteiger partial charge in [0, 0.05) is 10.1 Å². The average molecular weight is 347 g/mol. The van der Waals surface area contributed by atoms with E-state index in [4.69, 9.17) is 4.98 Å². The number of benzene rings is 2. The molecule has 1 aliphatic heterocycles. The van der Waals surface area contributed by atoms with E-state index in [2.05, 4.69) is 0 Å². The Kier molecular flexibility index (Phi) is 2.87. The number of hydrogen-bond acceptors (Lipinski definition) is 4. The molecule has 4 aromatic rings. The second-order valence-electron chi connectivity index (χ2n) is 6.05. The zero-order valence-electron chi connectivity index (χ0n) is 13.3. The summed E-state index contributed by atoms with van der Waals surface area (Å²) in [5, 5.41) is 0.947. The molecule has 5 nitrogen and oxygen atoms in total. The molecule has 0 fully saturated rings. The molecule has 25 heavy (non-hydrogen) atoms. The van der Waals surface area contributed by atoms with Crippen molar-refractivity contribution in [2.24, 2.45) is 0 Å². The Bertz CT molecular complexity index is 1210. The largest absolute Gasteiger partial charge is 0.273 e. The van der Waals surface area contributed by atoms with Crippen LogP contribution in [0.25, 0.3) is 20.3 Å². The molecule has 0 saturated heterocycles. The summed E-state index contributed by atoms with van der Waals surface area (Å²) in [6, 6.07) is 16.6. The van der Waals surface area contributed by atoms with Crippen LogP contribution in [-0.2, 0) is 4.79 Å². The minimum Gasteiger partial charge on any atom is -0.272 e. The number of nitrogens with zero attached hydrogens (tertiary/aromatic N) is 3. The molecule has 2 aromatic heterocycles. The van der Waals surface area contributed by atoms with Gasteiger partial charge in [0.1, 0.15) is 10.7 Å². The van der Waals surface area contributed by atoms with Crippen LogP contribution in [0.2, 0.25) is 0 Å². The van der Waals surface area contributed by atoms with E-state index < -0.39 is 6.04 Å². The minimum absolute atomic E-state index is 0.141. The van der Waals surface area contributed by atoms with Crippen molar-refractivity contribution in [1.82, 2.24) is 9.55 Å². The van der Waals surface area contributed by atoms with Gasteiger partial charge in [-0.2, -0.15) is 0 Å². The van der Waals surface area contributed by atoms with E-state index in [1.165, 1.54) is 20.8 Å². The maximum absolute atomic E-state index is 13.1. The second kappa shape index (κ2) is 5.00. The third kappa shape index (κ3) is 1.85. The van der Waals surface area contributed by atoms with Gasteiger partial charge in [-0.25, -0.2) is 9.88 Å². The SMILES string of the molecule is CC1C(=O)N(c2ccccc2)c2nc3c(sc4ccccc43)c(=O)n21. The number of aromatic nitrogens is 2. The highest BCUT2D eigenvalue weighted by atomic mass is 32.1. The van der Waals surface area contributed by atoms with Crippen molar-refractivity contribution in [3.63, 3.8) is 0 Å². The zero-order chi connectivity index (χ0) is 17.1. The molecule has 1 aliphatic rings. The Balaban J connectivity index is 1.89.